The Balaban J connectivity index is 1.76. The van der Waals surface area contributed by atoms with Crippen LogP contribution in [0.2, 0.25) is 0 Å². The monoisotopic (exact) mass is 306 g/mol. The van der Waals surface area contributed by atoms with Crippen LogP contribution in [-0.2, 0) is 11.4 Å². The van der Waals surface area contributed by atoms with Crippen molar-refractivity contribution in [3.05, 3.63) is 35.7 Å². The molecule has 1 aromatic carbocycles. The van der Waals surface area contributed by atoms with Gasteiger partial charge in [0, 0.05) is 12.2 Å². The van der Waals surface area contributed by atoms with E-state index in [1.165, 1.54) is 11.8 Å². The first kappa shape index (κ1) is 15.6. The minimum atomic E-state index is 0.202. The van der Waals surface area contributed by atoms with Crippen molar-refractivity contribution in [3.8, 4) is 5.75 Å². The fourth-order valence-corrected chi connectivity index (χ4v) is 2.40. The molecule has 0 aliphatic carbocycles. The van der Waals surface area contributed by atoms with Gasteiger partial charge >= 0.3 is 0 Å². The third-order valence-electron chi connectivity index (χ3n) is 2.70. The molecule has 0 unspecified atom stereocenters. The van der Waals surface area contributed by atoms with E-state index in [0.29, 0.717) is 17.5 Å². The van der Waals surface area contributed by atoms with E-state index in [0.717, 1.165) is 23.5 Å². The second-order valence-corrected chi connectivity index (χ2v) is 5.77. The second-order valence-electron chi connectivity index (χ2n) is 4.72. The van der Waals surface area contributed by atoms with Crippen molar-refractivity contribution < 1.29 is 13.9 Å². The minimum Gasteiger partial charge on any atom is -0.484 e. The first-order chi connectivity index (χ1) is 10.1. The molecule has 0 aliphatic heterocycles. The maximum Gasteiger partial charge on any atom is 0.276 e. The van der Waals surface area contributed by atoms with Crippen molar-refractivity contribution in [2.24, 2.45) is 0 Å². The van der Waals surface area contributed by atoms with Crippen LogP contribution in [0.5, 0.6) is 5.75 Å². The van der Waals surface area contributed by atoms with Gasteiger partial charge in [-0.2, -0.15) is 0 Å². The quantitative estimate of drug-likeness (QED) is 0.550. The lowest BCUT2D eigenvalue weighted by Crippen LogP contribution is -1.95. The van der Waals surface area contributed by atoms with E-state index in [2.05, 4.69) is 10.2 Å². The van der Waals surface area contributed by atoms with Gasteiger partial charge in [-0.3, -0.25) is 0 Å². The summed E-state index contributed by atoms with van der Waals surface area (Å²) in [5, 5.41) is 8.40. The Labute approximate surface area is 128 Å². The van der Waals surface area contributed by atoms with E-state index in [4.69, 9.17) is 9.15 Å². The van der Waals surface area contributed by atoms with Gasteiger partial charge in [-0.25, -0.2) is 0 Å². The molecule has 0 aliphatic rings. The number of ketones is 1. The summed E-state index contributed by atoms with van der Waals surface area (Å²) in [6.45, 7) is 3.86. The highest BCUT2D eigenvalue weighted by atomic mass is 32.2. The SMILES string of the molecule is CC(=O)CCCSc1nnc(COc2cccc(C)c2)o1. The van der Waals surface area contributed by atoms with Gasteiger partial charge in [0.25, 0.3) is 11.1 Å². The van der Waals surface area contributed by atoms with Gasteiger partial charge in [-0.15, -0.1) is 10.2 Å². The number of Topliss-reactive ketones (excluding diaryl/α,β-unsaturated/α-hetero) is 1. The van der Waals surface area contributed by atoms with Crippen LogP contribution in [0.3, 0.4) is 0 Å². The van der Waals surface area contributed by atoms with E-state index < -0.39 is 0 Å². The lowest BCUT2D eigenvalue weighted by Gasteiger charge is -2.03. The van der Waals surface area contributed by atoms with Gasteiger partial charge in [-0.1, -0.05) is 23.9 Å². The summed E-state index contributed by atoms with van der Waals surface area (Å²) in [6.07, 6.45) is 1.40. The third-order valence-corrected chi connectivity index (χ3v) is 3.60. The lowest BCUT2D eigenvalue weighted by molar-refractivity contribution is -0.117. The summed E-state index contributed by atoms with van der Waals surface area (Å²) in [6, 6.07) is 7.79. The molecule has 2 rings (SSSR count). The number of carbonyl (C=O) groups is 1. The largest absolute Gasteiger partial charge is 0.484 e. The van der Waals surface area contributed by atoms with Crippen molar-refractivity contribution in [1.82, 2.24) is 10.2 Å². The molecular weight excluding hydrogens is 288 g/mol. The van der Waals surface area contributed by atoms with Crippen LogP contribution in [0.15, 0.2) is 33.9 Å². The van der Waals surface area contributed by atoms with Gasteiger partial charge in [-0.05, 0) is 38.0 Å². The summed E-state index contributed by atoms with van der Waals surface area (Å²) < 4.78 is 11.1. The second kappa shape index (κ2) is 7.83. The highest BCUT2D eigenvalue weighted by Crippen LogP contribution is 2.19. The first-order valence-electron chi connectivity index (χ1n) is 6.77. The maximum absolute atomic E-state index is 10.8. The molecule has 0 saturated heterocycles. The van der Waals surface area contributed by atoms with Crippen molar-refractivity contribution >= 4 is 17.5 Å². The van der Waals surface area contributed by atoms with Gasteiger partial charge in [0.1, 0.15) is 11.5 Å². The molecule has 1 heterocycles. The molecule has 1 aromatic heterocycles. The molecule has 0 fully saturated rings. The van der Waals surface area contributed by atoms with Crippen LogP contribution in [0.1, 0.15) is 31.2 Å². The standard InChI is InChI=1S/C15H18N2O3S/c1-11-5-3-7-13(9-11)19-10-14-16-17-15(20-14)21-8-4-6-12(2)18/h3,5,7,9H,4,6,8,10H2,1-2H3. The predicted octanol–water partition coefficient (Wildman–Crippen LogP) is 3.42. The molecule has 112 valence electrons. The molecule has 0 bridgehead atoms. The summed E-state index contributed by atoms with van der Waals surface area (Å²) in [5.41, 5.74) is 1.14. The first-order valence-corrected chi connectivity index (χ1v) is 7.76. The number of thioether (sulfide) groups is 1. The van der Waals surface area contributed by atoms with E-state index >= 15 is 0 Å². The summed E-state index contributed by atoms with van der Waals surface area (Å²) in [5.74, 6) is 2.22. The van der Waals surface area contributed by atoms with Crippen LogP contribution >= 0.6 is 11.8 Å². The Hall–Kier alpha value is -1.82. The smallest absolute Gasteiger partial charge is 0.276 e. The average Bonchev–Trinajstić information content (AvgIpc) is 2.89. The Kier molecular flexibility index (Phi) is 5.80. The molecule has 0 spiro atoms. The number of hydrogen-bond acceptors (Lipinski definition) is 6. The molecule has 2 aromatic rings. The third kappa shape index (κ3) is 5.59. The molecule has 5 nitrogen and oxygen atoms in total. The van der Waals surface area contributed by atoms with Crippen LogP contribution in [0.4, 0.5) is 0 Å². The zero-order valence-corrected chi connectivity index (χ0v) is 13.0. The zero-order chi connectivity index (χ0) is 15.1. The highest BCUT2D eigenvalue weighted by Gasteiger charge is 2.07. The molecule has 6 heteroatoms. The van der Waals surface area contributed by atoms with Gasteiger partial charge < -0.3 is 13.9 Å². The number of rotatable bonds is 8. The van der Waals surface area contributed by atoms with E-state index in [-0.39, 0.29) is 12.4 Å². The molecule has 0 atom stereocenters. The molecule has 0 N–H and O–H groups in total. The molecule has 0 saturated carbocycles. The van der Waals surface area contributed by atoms with Gasteiger partial charge in [0.15, 0.2) is 6.61 Å². The lowest BCUT2D eigenvalue weighted by atomic mass is 10.2. The number of aromatic nitrogens is 2. The van der Waals surface area contributed by atoms with Crippen molar-refractivity contribution in [1.29, 1.82) is 0 Å². The Morgan fingerprint density at radius 2 is 2.24 bits per heavy atom. The van der Waals surface area contributed by atoms with E-state index in [1.807, 2.05) is 31.2 Å². The topological polar surface area (TPSA) is 65.2 Å². The Morgan fingerprint density at radius 1 is 1.38 bits per heavy atom. The van der Waals surface area contributed by atoms with Gasteiger partial charge in [0.05, 0.1) is 0 Å². The Morgan fingerprint density at radius 3 is 3.00 bits per heavy atom. The number of nitrogens with zero attached hydrogens (tertiary/aromatic N) is 2. The number of ether oxygens (including phenoxy) is 1. The van der Waals surface area contributed by atoms with Crippen LogP contribution in [-0.4, -0.2) is 21.7 Å². The normalized spacial score (nSPS) is 10.6. The van der Waals surface area contributed by atoms with Gasteiger partial charge in [0.2, 0.25) is 0 Å². The van der Waals surface area contributed by atoms with Crippen LogP contribution in [0.25, 0.3) is 0 Å². The minimum absolute atomic E-state index is 0.202. The molecular formula is C15H18N2O3S. The summed E-state index contributed by atoms with van der Waals surface area (Å²) in [7, 11) is 0. The number of aryl methyl sites for hydroxylation is 1. The predicted molar refractivity (Wildman–Crippen MR) is 80.4 cm³/mol. The van der Waals surface area contributed by atoms with Crippen molar-refractivity contribution in [2.45, 2.75) is 38.5 Å². The molecule has 21 heavy (non-hydrogen) atoms. The fourth-order valence-electron chi connectivity index (χ4n) is 1.69. The van der Waals surface area contributed by atoms with E-state index in [1.54, 1.807) is 6.92 Å². The highest BCUT2D eigenvalue weighted by molar-refractivity contribution is 7.99. The van der Waals surface area contributed by atoms with E-state index in [9.17, 15) is 4.79 Å². The maximum atomic E-state index is 10.8. The van der Waals surface area contributed by atoms with Crippen LogP contribution < -0.4 is 4.74 Å². The number of carbonyl (C=O) groups excluding carboxylic acids is 1. The summed E-state index contributed by atoms with van der Waals surface area (Å²) >= 11 is 1.46. The summed E-state index contributed by atoms with van der Waals surface area (Å²) in [4.78, 5) is 10.8. The van der Waals surface area contributed by atoms with Crippen molar-refractivity contribution in [3.63, 3.8) is 0 Å². The fraction of sp³-hybridized carbons (Fsp3) is 0.400. The van der Waals surface area contributed by atoms with Crippen LogP contribution in [0, 0.1) is 6.92 Å². The molecule has 0 amide bonds. The molecule has 0 radical (unpaired) electrons. The number of benzene rings is 1. The van der Waals surface area contributed by atoms with Crippen molar-refractivity contribution in [2.75, 3.05) is 5.75 Å². The number of hydrogen-bond donors (Lipinski definition) is 0. The zero-order valence-electron chi connectivity index (χ0n) is 12.2. The average molecular weight is 306 g/mol. The Bertz CT molecular complexity index is 598.